The molecule has 0 aliphatic rings. The van der Waals surface area contributed by atoms with Crippen LogP contribution in [-0.4, -0.2) is 24.5 Å². The van der Waals surface area contributed by atoms with Gasteiger partial charge >= 0.3 is 0 Å². The quantitative estimate of drug-likeness (QED) is 0.602. The summed E-state index contributed by atoms with van der Waals surface area (Å²) in [4.78, 5) is 8.87. The number of hydrogen-bond acceptors (Lipinski definition) is 3. The number of guanidine groups is 1. The second-order valence-corrected chi connectivity index (χ2v) is 7.90. The molecule has 0 saturated heterocycles. The van der Waals surface area contributed by atoms with Crippen molar-refractivity contribution in [2.75, 3.05) is 13.6 Å². The number of nitrogens with one attached hydrogen (secondary N) is 2. The van der Waals surface area contributed by atoms with Gasteiger partial charge in [-0.25, -0.2) is 9.37 Å². The molecular formula is C19H27FN4S. The highest BCUT2D eigenvalue weighted by Gasteiger charge is 2.21. The van der Waals surface area contributed by atoms with Crippen LogP contribution in [0.5, 0.6) is 0 Å². The van der Waals surface area contributed by atoms with Crippen molar-refractivity contribution in [1.29, 1.82) is 0 Å². The minimum atomic E-state index is -0.217. The van der Waals surface area contributed by atoms with E-state index in [-0.39, 0.29) is 11.2 Å². The van der Waals surface area contributed by atoms with Crippen molar-refractivity contribution < 1.29 is 4.39 Å². The van der Waals surface area contributed by atoms with Gasteiger partial charge in [0.05, 0.1) is 17.2 Å². The zero-order valence-corrected chi connectivity index (χ0v) is 16.4. The first kappa shape index (κ1) is 19.4. The predicted octanol–water partition coefficient (Wildman–Crippen LogP) is 4.05. The Kier molecular flexibility index (Phi) is 6.53. The first-order valence-corrected chi connectivity index (χ1v) is 9.34. The van der Waals surface area contributed by atoms with Crippen LogP contribution in [0, 0.1) is 5.82 Å². The van der Waals surface area contributed by atoms with Crippen LogP contribution < -0.4 is 10.6 Å². The third-order valence-corrected chi connectivity index (χ3v) is 5.22. The largest absolute Gasteiger partial charge is 0.356 e. The molecule has 0 amide bonds. The Hall–Kier alpha value is -1.95. The highest BCUT2D eigenvalue weighted by molar-refractivity contribution is 7.09. The van der Waals surface area contributed by atoms with Gasteiger partial charge in [0, 0.05) is 30.3 Å². The zero-order chi connectivity index (χ0) is 18.4. The molecule has 4 nitrogen and oxygen atoms in total. The second kappa shape index (κ2) is 8.43. The van der Waals surface area contributed by atoms with Crippen LogP contribution in [0.4, 0.5) is 4.39 Å². The molecule has 0 fully saturated rings. The van der Waals surface area contributed by atoms with Crippen LogP contribution in [0.15, 0.2) is 34.6 Å². The third kappa shape index (κ3) is 5.53. The van der Waals surface area contributed by atoms with Crippen molar-refractivity contribution in [2.24, 2.45) is 4.99 Å². The average Bonchev–Trinajstić information content (AvgIpc) is 3.04. The molecule has 0 aliphatic carbocycles. The van der Waals surface area contributed by atoms with Gasteiger partial charge in [-0.1, -0.05) is 39.8 Å². The minimum Gasteiger partial charge on any atom is -0.356 e. The summed E-state index contributed by atoms with van der Waals surface area (Å²) >= 11 is 1.69. The van der Waals surface area contributed by atoms with E-state index in [4.69, 9.17) is 0 Å². The van der Waals surface area contributed by atoms with Crippen LogP contribution in [-0.2, 0) is 12.0 Å². The van der Waals surface area contributed by atoms with Crippen molar-refractivity contribution in [3.8, 4) is 0 Å². The van der Waals surface area contributed by atoms with E-state index in [0.717, 1.165) is 16.3 Å². The number of halogens is 1. The number of benzene rings is 1. The summed E-state index contributed by atoms with van der Waals surface area (Å²) < 4.78 is 13.5. The van der Waals surface area contributed by atoms with Gasteiger partial charge in [0.15, 0.2) is 5.96 Å². The molecule has 2 aromatic rings. The summed E-state index contributed by atoms with van der Waals surface area (Å²) in [6, 6.07) is 6.74. The lowest BCUT2D eigenvalue weighted by atomic mass is 9.84. The summed E-state index contributed by atoms with van der Waals surface area (Å²) in [5.74, 6) is 0.949. The Labute approximate surface area is 153 Å². The fraction of sp³-hybridized carbons (Fsp3) is 0.474. The summed E-state index contributed by atoms with van der Waals surface area (Å²) in [6.07, 6.45) is 0. The highest BCUT2D eigenvalue weighted by atomic mass is 32.1. The third-order valence-electron chi connectivity index (χ3n) is 4.03. The normalized spacial score (nSPS) is 12.5. The van der Waals surface area contributed by atoms with Gasteiger partial charge in [0.2, 0.25) is 0 Å². The van der Waals surface area contributed by atoms with E-state index >= 15 is 0 Å². The molecule has 136 valence electrons. The second-order valence-electron chi connectivity index (χ2n) is 7.01. The zero-order valence-electron chi connectivity index (χ0n) is 15.6. The molecule has 0 unspecified atom stereocenters. The maximum atomic E-state index is 13.5. The smallest absolute Gasteiger partial charge is 0.191 e. The van der Waals surface area contributed by atoms with Crippen molar-refractivity contribution >= 4 is 17.3 Å². The molecule has 0 saturated carbocycles. The van der Waals surface area contributed by atoms with E-state index in [2.05, 4.69) is 53.7 Å². The lowest BCUT2D eigenvalue weighted by Gasteiger charge is -2.26. The lowest BCUT2D eigenvalue weighted by Crippen LogP contribution is -2.43. The van der Waals surface area contributed by atoms with Crippen molar-refractivity contribution in [2.45, 2.75) is 45.6 Å². The molecular weight excluding hydrogens is 335 g/mol. The molecule has 1 aromatic heterocycles. The number of hydrogen-bond donors (Lipinski definition) is 2. The van der Waals surface area contributed by atoms with Crippen LogP contribution in [0.1, 0.15) is 49.9 Å². The topological polar surface area (TPSA) is 49.3 Å². The van der Waals surface area contributed by atoms with Crippen molar-refractivity contribution in [1.82, 2.24) is 15.6 Å². The van der Waals surface area contributed by atoms with Crippen LogP contribution in [0.2, 0.25) is 0 Å². The summed E-state index contributed by atoms with van der Waals surface area (Å²) in [7, 11) is 1.74. The summed E-state index contributed by atoms with van der Waals surface area (Å²) in [5, 5.41) is 9.82. The van der Waals surface area contributed by atoms with Gasteiger partial charge < -0.3 is 10.6 Å². The van der Waals surface area contributed by atoms with Crippen molar-refractivity contribution in [3.05, 3.63) is 51.7 Å². The van der Waals surface area contributed by atoms with E-state index < -0.39 is 0 Å². The first-order valence-electron chi connectivity index (χ1n) is 8.46. The fourth-order valence-corrected chi connectivity index (χ4v) is 3.22. The van der Waals surface area contributed by atoms with Gasteiger partial charge in [-0.2, -0.15) is 0 Å². The van der Waals surface area contributed by atoms with E-state index in [0.29, 0.717) is 25.0 Å². The van der Waals surface area contributed by atoms with Gasteiger partial charge in [0.1, 0.15) is 5.82 Å². The first-order chi connectivity index (χ1) is 11.8. The fourth-order valence-electron chi connectivity index (χ4n) is 2.38. The Morgan fingerprint density at radius 2 is 2.08 bits per heavy atom. The van der Waals surface area contributed by atoms with E-state index in [1.807, 2.05) is 6.07 Å². The van der Waals surface area contributed by atoms with Crippen LogP contribution in [0.25, 0.3) is 0 Å². The number of rotatable bonds is 6. The Morgan fingerprint density at radius 1 is 1.32 bits per heavy atom. The van der Waals surface area contributed by atoms with E-state index in [9.17, 15) is 4.39 Å². The summed E-state index contributed by atoms with van der Waals surface area (Å²) in [6.45, 7) is 9.72. The summed E-state index contributed by atoms with van der Waals surface area (Å²) in [5.41, 5.74) is 1.75. The Morgan fingerprint density at radius 3 is 2.68 bits per heavy atom. The van der Waals surface area contributed by atoms with Gasteiger partial charge in [-0.3, -0.25) is 4.99 Å². The van der Waals surface area contributed by atoms with Crippen LogP contribution in [0.3, 0.4) is 0 Å². The van der Waals surface area contributed by atoms with Crippen LogP contribution >= 0.6 is 11.3 Å². The van der Waals surface area contributed by atoms with Crippen molar-refractivity contribution in [3.63, 3.8) is 0 Å². The standard InChI is InChI=1S/C19H27FN4S/c1-13(2)17-24-16(11-25-17)10-22-18(21-5)23-12-19(3,4)14-7-6-8-15(20)9-14/h6-9,11,13H,10,12H2,1-5H3,(H2,21,22,23). The molecule has 0 spiro atoms. The van der Waals surface area contributed by atoms with Gasteiger partial charge in [0.25, 0.3) is 0 Å². The number of aromatic nitrogens is 1. The van der Waals surface area contributed by atoms with Gasteiger partial charge in [-0.15, -0.1) is 11.3 Å². The maximum Gasteiger partial charge on any atom is 0.191 e. The Bertz CT molecular complexity index is 722. The Balaban J connectivity index is 1.91. The molecule has 0 radical (unpaired) electrons. The monoisotopic (exact) mass is 362 g/mol. The molecule has 0 aliphatic heterocycles. The molecule has 0 atom stereocenters. The molecule has 1 heterocycles. The number of thiazole rings is 1. The molecule has 25 heavy (non-hydrogen) atoms. The highest BCUT2D eigenvalue weighted by Crippen LogP contribution is 2.23. The molecule has 0 bridgehead atoms. The van der Waals surface area contributed by atoms with E-state index in [1.54, 1.807) is 30.5 Å². The predicted molar refractivity (Wildman–Crippen MR) is 104 cm³/mol. The maximum absolute atomic E-state index is 13.5. The SMILES string of the molecule is CN=C(NCc1csc(C(C)C)n1)NCC(C)(C)c1cccc(F)c1. The average molecular weight is 363 g/mol. The molecule has 6 heteroatoms. The van der Waals surface area contributed by atoms with E-state index in [1.165, 1.54) is 6.07 Å². The minimum absolute atomic E-state index is 0.211. The van der Waals surface area contributed by atoms with Gasteiger partial charge in [-0.05, 0) is 17.7 Å². The molecule has 1 aromatic carbocycles. The molecule has 2 rings (SSSR count). The number of aliphatic imine (C=N–C) groups is 1. The lowest BCUT2D eigenvalue weighted by molar-refractivity contribution is 0.503. The molecule has 2 N–H and O–H groups in total. The number of nitrogens with zero attached hydrogens (tertiary/aromatic N) is 2.